The Hall–Kier alpha value is -2.24. The Kier molecular flexibility index (Phi) is 5.69. The van der Waals surface area contributed by atoms with E-state index in [0.29, 0.717) is 15.8 Å². The van der Waals surface area contributed by atoms with Crippen molar-refractivity contribution < 1.29 is 9.53 Å². The normalized spacial score (nSPS) is 12.3. The number of rotatable bonds is 6. The summed E-state index contributed by atoms with van der Waals surface area (Å²) in [6.45, 7) is 3.88. The fourth-order valence-electron chi connectivity index (χ4n) is 2.62. The predicted molar refractivity (Wildman–Crippen MR) is 104 cm³/mol. The van der Waals surface area contributed by atoms with Crippen molar-refractivity contribution in [3.8, 4) is 5.75 Å². The summed E-state index contributed by atoms with van der Waals surface area (Å²) in [5, 5.41) is 3.86. The standard InChI is InChI=1S/C19H19Cl2N3O2/c1-11(2)18(19-22-14-5-3-4-6-15(14)23-19)24-17(25)10-26-16-9-12(20)7-8-13(16)21/h3-9,11,18H,10H2,1-2H3,(H,22,23)(H,24,25)/t18-/m1/s1. The molecule has 2 N–H and O–H groups in total. The van der Waals surface area contributed by atoms with Crippen LogP contribution in [0.1, 0.15) is 25.7 Å². The minimum atomic E-state index is -0.264. The number of carbonyl (C=O) groups is 1. The fraction of sp³-hybridized carbons (Fsp3) is 0.263. The number of aromatic nitrogens is 2. The molecule has 0 radical (unpaired) electrons. The second-order valence-corrected chi connectivity index (χ2v) is 7.14. The van der Waals surface area contributed by atoms with Crippen LogP contribution in [0, 0.1) is 5.92 Å². The largest absolute Gasteiger partial charge is 0.482 e. The van der Waals surface area contributed by atoms with Gasteiger partial charge in [0.05, 0.1) is 22.1 Å². The number of benzene rings is 2. The summed E-state index contributed by atoms with van der Waals surface area (Å²) < 4.78 is 5.50. The minimum Gasteiger partial charge on any atom is -0.482 e. The maximum absolute atomic E-state index is 12.4. The van der Waals surface area contributed by atoms with Crippen LogP contribution in [-0.2, 0) is 4.79 Å². The van der Waals surface area contributed by atoms with Gasteiger partial charge < -0.3 is 15.0 Å². The summed E-state index contributed by atoms with van der Waals surface area (Å²) in [6, 6.07) is 12.4. The van der Waals surface area contributed by atoms with Crippen LogP contribution in [0.3, 0.4) is 0 Å². The third kappa shape index (κ3) is 4.29. The Bertz CT molecular complexity index is 891. The van der Waals surface area contributed by atoms with Gasteiger partial charge in [-0.25, -0.2) is 4.98 Å². The molecule has 0 saturated carbocycles. The lowest BCUT2D eigenvalue weighted by molar-refractivity contribution is -0.124. The van der Waals surface area contributed by atoms with Crippen molar-refractivity contribution in [1.82, 2.24) is 15.3 Å². The van der Waals surface area contributed by atoms with E-state index in [9.17, 15) is 4.79 Å². The Balaban J connectivity index is 1.69. The van der Waals surface area contributed by atoms with Crippen LogP contribution < -0.4 is 10.1 Å². The molecule has 0 spiro atoms. The number of hydrogen-bond donors (Lipinski definition) is 2. The second-order valence-electron chi connectivity index (χ2n) is 6.29. The Morgan fingerprint density at radius 3 is 2.73 bits per heavy atom. The van der Waals surface area contributed by atoms with Crippen molar-refractivity contribution in [2.24, 2.45) is 5.92 Å². The zero-order chi connectivity index (χ0) is 18.7. The first-order valence-corrected chi connectivity index (χ1v) is 9.01. The predicted octanol–water partition coefficient (Wildman–Crippen LogP) is 4.76. The second kappa shape index (κ2) is 7.98. The van der Waals surface area contributed by atoms with Crippen LogP contribution in [0.4, 0.5) is 0 Å². The van der Waals surface area contributed by atoms with Gasteiger partial charge in [0.1, 0.15) is 11.6 Å². The molecule has 2 aromatic carbocycles. The average molecular weight is 392 g/mol. The molecule has 0 saturated heterocycles. The van der Waals surface area contributed by atoms with Crippen molar-refractivity contribution in [2.75, 3.05) is 6.61 Å². The minimum absolute atomic E-state index is 0.147. The maximum Gasteiger partial charge on any atom is 0.258 e. The maximum atomic E-state index is 12.4. The molecule has 136 valence electrons. The van der Waals surface area contributed by atoms with Crippen molar-refractivity contribution in [1.29, 1.82) is 0 Å². The van der Waals surface area contributed by atoms with Crippen LogP contribution in [0.25, 0.3) is 11.0 Å². The topological polar surface area (TPSA) is 67.0 Å². The van der Waals surface area contributed by atoms with Gasteiger partial charge in [-0.15, -0.1) is 0 Å². The molecule has 0 fully saturated rings. The van der Waals surface area contributed by atoms with Gasteiger partial charge in [0.15, 0.2) is 6.61 Å². The highest BCUT2D eigenvalue weighted by atomic mass is 35.5. The molecule has 7 heteroatoms. The van der Waals surface area contributed by atoms with Crippen molar-refractivity contribution in [3.63, 3.8) is 0 Å². The van der Waals surface area contributed by atoms with Crippen LogP contribution in [-0.4, -0.2) is 22.5 Å². The zero-order valence-electron chi connectivity index (χ0n) is 14.4. The molecule has 0 unspecified atom stereocenters. The van der Waals surface area contributed by atoms with E-state index in [4.69, 9.17) is 27.9 Å². The van der Waals surface area contributed by atoms with Gasteiger partial charge >= 0.3 is 0 Å². The van der Waals surface area contributed by atoms with Gasteiger partial charge in [0, 0.05) is 11.1 Å². The molecular weight excluding hydrogens is 373 g/mol. The number of imidazole rings is 1. The Morgan fingerprint density at radius 2 is 2.00 bits per heavy atom. The number of fused-ring (bicyclic) bond motifs is 1. The first kappa shape index (κ1) is 18.5. The summed E-state index contributed by atoms with van der Waals surface area (Å²) in [7, 11) is 0. The molecule has 3 aromatic rings. The number of amides is 1. The first-order valence-electron chi connectivity index (χ1n) is 8.26. The van der Waals surface area contributed by atoms with Crippen LogP contribution in [0.2, 0.25) is 10.0 Å². The fourth-order valence-corrected chi connectivity index (χ4v) is 2.95. The van der Waals surface area contributed by atoms with Crippen molar-refractivity contribution in [3.05, 3.63) is 58.3 Å². The number of nitrogens with one attached hydrogen (secondary N) is 2. The van der Waals surface area contributed by atoms with Crippen LogP contribution in [0.5, 0.6) is 5.75 Å². The highest BCUT2D eigenvalue weighted by Gasteiger charge is 2.22. The van der Waals surface area contributed by atoms with Gasteiger partial charge in [-0.1, -0.05) is 49.2 Å². The number of para-hydroxylation sites is 2. The molecule has 0 aliphatic carbocycles. The molecule has 1 atom stereocenters. The number of nitrogens with zero attached hydrogens (tertiary/aromatic N) is 1. The molecule has 26 heavy (non-hydrogen) atoms. The molecule has 1 amide bonds. The summed E-state index contributed by atoms with van der Waals surface area (Å²) in [5.41, 5.74) is 1.80. The molecule has 0 aliphatic rings. The highest BCUT2D eigenvalue weighted by Crippen LogP contribution is 2.28. The van der Waals surface area contributed by atoms with E-state index < -0.39 is 0 Å². The number of carbonyl (C=O) groups excluding carboxylic acids is 1. The van der Waals surface area contributed by atoms with Gasteiger partial charge in [0.2, 0.25) is 0 Å². The van der Waals surface area contributed by atoms with Crippen LogP contribution >= 0.6 is 23.2 Å². The van der Waals surface area contributed by atoms with Crippen molar-refractivity contribution in [2.45, 2.75) is 19.9 Å². The van der Waals surface area contributed by atoms with E-state index in [1.807, 2.05) is 38.1 Å². The van der Waals surface area contributed by atoms with Gasteiger partial charge in [-0.2, -0.15) is 0 Å². The van der Waals surface area contributed by atoms with Gasteiger partial charge in [-0.3, -0.25) is 4.79 Å². The summed E-state index contributed by atoms with van der Waals surface area (Å²) >= 11 is 12.0. The smallest absolute Gasteiger partial charge is 0.258 e. The van der Waals surface area contributed by atoms with E-state index in [1.54, 1.807) is 18.2 Å². The number of H-pyrrole nitrogens is 1. The number of hydrogen-bond acceptors (Lipinski definition) is 3. The molecule has 0 aliphatic heterocycles. The summed E-state index contributed by atoms with van der Waals surface area (Å²) in [5.74, 6) is 0.976. The van der Waals surface area contributed by atoms with E-state index in [2.05, 4.69) is 15.3 Å². The molecule has 1 aromatic heterocycles. The molecule has 5 nitrogen and oxygen atoms in total. The van der Waals surface area contributed by atoms with Gasteiger partial charge in [-0.05, 0) is 30.2 Å². The third-order valence-electron chi connectivity index (χ3n) is 3.94. The quantitative estimate of drug-likeness (QED) is 0.636. The molecule has 1 heterocycles. The number of ether oxygens (including phenoxy) is 1. The van der Waals surface area contributed by atoms with E-state index >= 15 is 0 Å². The highest BCUT2D eigenvalue weighted by molar-refractivity contribution is 6.34. The molecule has 0 bridgehead atoms. The summed E-state index contributed by atoms with van der Waals surface area (Å²) in [4.78, 5) is 20.2. The Labute approximate surface area is 161 Å². The lowest BCUT2D eigenvalue weighted by Crippen LogP contribution is -2.35. The SMILES string of the molecule is CC(C)[C@@H](NC(=O)COc1cc(Cl)ccc1Cl)c1nc2ccccc2[nH]1. The van der Waals surface area contributed by atoms with E-state index in [0.717, 1.165) is 16.9 Å². The Morgan fingerprint density at radius 1 is 1.23 bits per heavy atom. The molecular formula is C19H19Cl2N3O2. The summed E-state index contributed by atoms with van der Waals surface area (Å²) in [6.07, 6.45) is 0. The van der Waals surface area contributed by atoms with Crippen molar-refractivity contribution >= 4 is 40.1 Å². The third-order valence-corrected chi connectivity index (χ3v) is 4.48. The zero-order valence-corrected chi connectivity index (χ0v) is 15.9. The van der Waals surface area contributed by atoms with Crippen LogP contribution in [0.15, 0.2) is 42.5 Å². The number of halogens is 2. The van der Waals surface area contributed by atoms with Gasteiger partial charge in [0.25, 0.3) is 5.91 Å². The molecule has 3 rings (SSSR count). The lowest BCUT2D eigenvalue weighted by atomic mass is 10.0. The van der Waals surface area contributed by atoms with E-state index in [-0.39, 0.29) is 24.5 Å². The number of aromatic amines is 1. The van der Waals surface area contributed by atoms with E-state index in [1.165, 1.54) is 0 Å². The lowest BCUT2D eigenvalue weighted by Gasteiger charge is -2.20. The average Bonchev–Trinajstić information content (AvgIpc) is 3.03. The monoisotopic (exact) mass is 391 g/mol. The first-order chi connectivity index (χ1) is 12.4.